The van der Waals surface area contributed by atoms with Crippen molar-refractivity contribution in [2.45, 2.75) is 19.4 Å². The third-order valence-electron chi connectivity index (χ3n) is 4.03. The largest absolute Gasteiger partial charge is 0.305 e. The van der Waals surface area contributed by atoms with E-state index in [0.29, 0.717) is 24.9 Å². The first kappa shape index (κ1) is 15.1. The maximum absolute atomic E-state index is 12.8. The lowest BCUT2D eigenvalue weighted by Gasteiger charge is -2.22. The van der Waals surface area contributed by atoms with E-state index in [9.17, 15) is 9.18 Å². The molecule has 4 heteroatoms. The maximum atomic E-state index is 12.8. The molecule has 0 saturated carbocycles. The number of rotatable bonds is 5. The third-order valence-corrected chi connectivity index (χ3v) is 4.03. The topological polar surface area (TPSA) is 23.6 Å². The number of likely N-dealkylation sites (tertiary alicyclic amines) is 1. The number of hydrogen-bond donors (Lipinski definition) is 0. The molecule has 3 nitrogen and oxygen atoms in total. The van der Waals surface area contributed by atoms with E-state index in [1.807, 2.05) is 0 Å². The number of Topliss-reactive ketones (excluding diaryl/α,β-unsaturated/α-hetero) is 1. The Bertz CT molecular complexity index is 458. The summed E-state index contributed by atoms with van der Waals surface area (Å²) >= 11 is 0. The Morgan fingerprint density at radius 2 is 1.95 bits per heavy atom. The predicted molar refractivity (Wildman–Crippen MR) is 78.2 cm³/mol. The average Bonchev–Trinajstić information content (AvgIpc) is 2.73. The van der Waals surface area contributed by atoms with E-state index >= 15 is 0 Å². The molecule has 1 aromatic carbocycles. The van der Waals surface area contributed by atoms with Gasteiger partial charge in [-0.1, -0.05) is 19.1 Å². The number of likely N-dealkylation sites (N-methyl/N-ethyl adjacent to an activating group) is 1. The molecule has 0 N–H and O–H groups in total. The quantitative estimate of drug-likeness (QED) is 0.821. The first-order valence-electron chi connectivity index (χ1n) is 7.10. The smallest absolute Gasteiger partial charge is 0.151 e. The second-order valence-corrected chi connectivity index (χ2v) is 6.04. The molecular formula is C16H23FN2O. The van der Waals surface area contributed by atoms with E-state index in [1.54, 1.807) is 12.1 Å². The molecule has 1 saturated heterocycles. The Hall–Kier alpha value is -1.26. The van der Waals surface area contributed by atoms with Gasteiger partial charge < -0.3 is 4.90 Å². The second-order valence-electron chi connectivity index (χ2n) is 6.04. The molecule has 2 unspecified atom stereocenters. The Kier molecular flexibility index (Phi) is 4.89. The molecule has 0 spiro atoms. The highest BCUT2D eigenvalue weighted by molar-refractivity contribution is 5.82. The molecule has 1 aliphatic rings. The Balaban J connectivity index is 1.85. The second kappa shape index (κ2) is 6.46. The van der Waals surface area contributed by atoms with Gasteiger partial charge in [0.25, 0.3) is 0 Å². The Morgan fingerprint density at radius 3 is 2.50 bits per heavy atom. The van der Waals surface area contributed by atoms with Gasteiger partial charge in [-0.3, -0.25) is 9.69 Å². The molecule has 1 fully saturated rings. The van der Waals surface area contributed by atoms with Gasteiger partial charge in [0.15, 0.2) is 5.78 Å². The number of benzene rings is 1. The highest BCUT2D eigenvalue weighted by Crippen LogP contribution is 2.19. The fraction of sp³-hybridized carbons (Fsp3) is 0.562. The fourth-order valence-corrected chi connectivity index (χ4v) is 2.98. The maximum Gasteiger partial charge on any atom is 0.151 e. The van der Waals surface area contributed by atoms with Crippen molar-refractivity contribution in [1.82, 2.24) is 9.80 Å². The van der Waals surface area contributed by atoms with Crippen LogP contribution in [0.2, 0.25) is 0 Å². The number of nitrogens with zero attached hydrogens (tertiary/aromatic N) is 2. The normalized spacial score (nSPS) is 23.4. The zero-order valence-corrected chi connectivity index (χ0v) is 12.5. The average molecular weight is 278 g/mol. The minimum absolute atomic E-state index is 0.197. The Labute approximate surface area is 120 Å². The van der Waals surface area contributed by atoms with E-state index in [1.165, 1.54) is 12.1 Å². The zero-order valence-electron chi connectivity index (χ0n) is 12.5. The molecule has 110 valence electrons. The lowest BCUT2D eigenvalue weighted by atomic mass is 10.1. The SMILES string of the molecule is CC1CN(CC(=O)Cc2ccc(F)cc2)CC1N(C)C. The van der Waals surface area contributed by atoms with E-state index in [0.717, 1.165) is 18.7 Å². The van der Waals surface area contributed by atoms with Gasteiger partial charge in [0.05, 0.1) is 6.54 Å². The first-order chi connectivity index (χ1) is 9.45. The van der Waals surface area contributed by atoms with Crippen LogP contribution in [-0.4, -0.2) is 55.4 Å². The molecule has 0 radical (unpaired) electrons. The van der Waals surface area contributed by atoms with Crippen LogP contribution >= 0.6 is 0 Å². The van der Waals surface area contributed by atoms with Gasteiger partial charge in [-0.15, -0.1) is 0 Å². The monoisotopic (exact) mass is 278 g/mol. The highest BCUT2D eigenvalue weighted by Gasteiger charge is 2.31. The van der Waals surface area contributed by atoms with Crippen molar-refractivity contribution < 1.29 is 9.18 Å². The zero-order chi connectivity index (χ0) is 14.7. The molecule has 0 aliphatic carbocycles. The van der Waals surface area contributed by atoms with E-state index in [-0.39, 0.29) is 11.6 Å². The van der Waals surface area contributed by atoms with Crippen LogP contribution in [0.5, 0.6) is 0 Å². The van der Waals surface area contributed by atoms with Gasteiger partial charge in [-0.2, -0.15) is 0 Å². The van der Waals surface area contributed by atoms with Gasteiger partial charge in [0.1, 0.15) is 5.82 Å². The number of carbonyl (C=O) groups is 1. The van der Waals surface area contributed by atoms with Crippen LogP contribution in [0.3, 0.4) is 0 Å². The van der Waals surface area contributed by atoms with E-state index < -0.39 is 0 Å². The molecule has 2 rings (SSSR count). The third kappa shape index (κ3) is 3.87. The summed E-state index contributed by atoms with van der Waals surface area (Å²) in [5, 5.41) is 0. The van der Waals surface area contributed by atoms with Crippen LogP contribution in [0.1, 0.15) is 12.5 Å². The summed E-state index contributed by atoms with van der Waals surface area (Å²) in [7, 11) is 4.18. The van der Waals surface area contributed by atoms with Crippen molar-refractivity contribution in [2.75, 3.05) is 33.7 Å². The summed E-state index contributed by atoms with van der Waals surface area (Å²) in [6.45, 7) is 4.64. The van der Waals surface area contributed by atoms with Crippen molar-refractivity contribution in [3.05, 3.63) is 35.6 Å². The van der Waals surface area contributed by atoms with Crippen LogP contribution in [0.4, 0.5) is 4.39 Å². The number of ketones is 1. The van der Waals surface area contributed by atoms with Gasteiger partial charge in [-0.25, -0.2) is 4.39 Å². The summed E-state index contributed by atoms with van der Waals surface area (Å²) in [5.41, 5.74) is 0.882. The fourth-order valence-electron chi connectivity index (χ4n) is 2.98. The molecule has 20 heavy (non-hydrogen) atoms. The Morgan fingerprint density at radius 1 is 1.30 bits per heavy atom. The lowest BCUT2D eigenvalue weighted by Crippen LogP contribution is -2.35. The lowest BCUT2D eigenvalue weighted by molar-refractivity contribution is -0.119. The van der Waals surface area contributed by atoms with Crippen LogP contribution < -0.4 is 0 Å². The van der Waals surface area contributed by atoms with Crippen molar-refractivity contribution in [2.24, 2.45) is 5.92 Å². The van der Waals surface area contributed by atoms with Gasteiger partial charge >= 0.3 is 0 Å². The molecular weight excluding hydrogens is 255 g/mol. The molecule has 1 heterocycles. The molecule has 0 amide bonds. The van der Waals surface area contributed by atoms with Crippen LogP contribution in [0.15, 0.2) is 24.3 Å². The number of hydrogen-bond acceptors (Lipinski definition) is 3. The van der Waals surface area contributed by atoms with Crippen molar-refractivity contribution in [1.29, 1.82) is 0 Å². The molecule has 0 bridgehead atoms. The van der Waals surface area contributed by atoms with Crippen molar-refractivity contribution in [3.8, 4) is 0 Å². The first-order valence-corrected chi connectivity index (χ1v) is 7.10. The van der Waals surface area contributed by atoms with Gasteiger partial charge in [0.2, 0.25) is 0 Å². The molecule has 1 aromatic rings. The minimum atomic E-state index is -0.261. The van der Waals surface area contributed by atoms with Crippen molar-refractivity contribution in [3.63, 3.8) is 0 Å². The summed E-state index contributed by atoms with van der Waals surface area (Å²) in [4.78, 5) is 16.5. The summed E-state index contributed by atoms with van der Waals surface area (Å²) in [5.74, 6) is 0.523. The number of carbonyl (C=O) groups excluding carboxylic acids is 1. The predicted octanol–water partition coefficient (Wildman–Crippen LogP) is 1.82. The van der Waals surface area contributed by atoms with Crippen LogP contribution in [0.25, 0.3) is 0 Å². The van der Waals surface area contributed by atoms with Gasteiger partial charge in [-0.05, 0) is 37.7 Å². The van der Waals surface area contributed by atoms with Crippen molar-refractivity contribution >= 4 is 5.78 Å². The number of halogens is 1. The summed E-state index contributed by atoms with van der Waals surface area (Å²) < 4.78 is 12.8. The highest BCUT2D eigenvalue weighted by atomic mass is 19.1. The summed E-state index contributed by atoms with van der Waals surface area (Å²) in [6, 6.07) is 6.70. The molecule has 1 aliphatic heterocycles. The van der Waals surface area contributed by atoms with E-state index in [4.69, 9.17) is 0 Å². The van der Waals surface area contributed by atoms with E-state index in [2.05, 4.69) is 30.8 Å². The van der Waals surface area contributed by atoms with Crippen LogP contribution in [0, 0.1) is 11.7 Å². The standard InChI is InChI=1S/C16H23FN2O/c1-12-9-19(11-16(12)18(2)3)10-15(20)8-13-4-6-14(17)7-5-13/h4-7,12,16H,8-11H2,1-3H3. The van der Waals surface area contributed by atoms with Crippen LogP contribution in [-0.2, 0) is 11.2 Å². The van der Waals surface area contributed by atoms with Gasteiger partial charge in [0, 0.05) is 25.6 Å². The molecule has 2 atom stereocenters. The summed E-state index contributed by atoms with van der Waals surface area (Å²) in [6.07, 6.45) is 0.387. The molecule has 0 aromatic heterocycles. The minimum Gasteiger partial charge on any atom is -0.305 e.